The summed E-state index contributed by atoms with van der Waals surface area (Å²) in [6.07, 6.45) is 0. The molecule has 2 aromatic carbocycles. The average molecular weight is 332 g/mol. The molecule has 0 radical (unpaired) electrons. The van der Waals surface area contributed by atoms with Gasteiger partial charge in [-0.05, 0) is 23.8 Å². The lowest BCUT2D eigenvalue weighted by atomic mass is 10.1. The standard InChI is InChI=1S/C19H12N2O2S/c1-11-14-7-6-12-4-2-3-5-15(12)17(14)23-16(11)18(22)21-19-13(10-20)8-9-24-19/h2-9H,1H3,(H,21,22). The number of nitrogens with one attached hydrogen (secondary N) is 1. The molecule has 0 saturated heterocycles. The molecule has 0 fully saturated rings. The van der Waals surface area contributed by atoms with Crippen LogP contribution in [0.5, 0.6) is 0 Å². The predicted octanol–water partition coefficient (Wildman–Crippen LogP) is 5.08. The molecular formula is C19H12N2O2S. The first-order valence-electron chi connectivity index (χ1n) is 7.39. The Morgan fingerprint density at radius 1 is 1.17 bits per heavy atom. The fourth-order valence-corrected chi connectivity index (χ4v) is 3.55. The highest BCUT2D eigenvalue weighted by Gasteiger charge is 2.20. The average Bonchev–Trinajstić information content (AvgIpc) is 3.19. The van der Waals surface area contributed by atoms with Crippen LogP contribution in [0.15, 0.2) is 52.3 Å². The number of rotatable bonds is 2. The Morgan fingerprint density at radius 2 is 2.00 bits per heavy atom. The second kappa shape index (κ2) is 5.52. The number of carbonyl (C=O) groups excluding carboxylic acids is 1. The number of carbonyl (C=O) groups is 1. The molecule has 0 aliphatic carbocycles. The lowest BCUT2D eigenvalue weighted by Gasteiger charge is -2.01. The zero-order valence-electron chi connectivity index (χ0n) is 12.8. The Kier molecular flexibility index (Phi) is 3.33. The summed E-state index contributed by atoms with van der Waals surface area (Å²) in [5, 5.41) is 17.1. The van der Waals surface area contributed by atoms with E-state index in [-0.39, 0.29) is 11.7 Å². The van der Waals surface area contributed by atoms with E-state index in [1.165, 1.54) is 11.3 Å². The number of amides is 1. The Morgan fingerprint density at radius 3 is 2.83 bits per heavy atom. The Hall–Kier alpha value is -3.10. The highest BCUT2D eigenvalue weighted by Crippen LogP contribution is 2.32. The van der Waals surface area contributed by atoms with Gasteiger partial charge in [0.25, 0.3) is 5.91 Å². The van der Waals surface area contributed by atoms with Gasteiger partial charge in [-0.25, -0.2) is 0 Å². The summed E-state index contributed by atoms with van der Waals surface area (Å²) in [5.41, 5.74) is 1.96. The smallest absolute Gasteiger partial charge is 0.292 e. The lowest BCUT2D eigenvalue weighted by Crippen LogP contribution is -2.11. The Labute approximate surface area is 141 Å². The third-order valence-electron chi connectivity index (χ3n) is 4.05. The molecule has 0 bridgehead atoms. The van der Waals surface area contributed by atoms with Crippen LogP contribution in [0.2, 0.25) is 0 Å². The van der Waals surface area contributed by atoms with Crippen LogP contribution in [-0.4, -0.2) is 5.91 Å². The van der Waals surface area contributed by atoms with Gasteiger partial charge >= 0.3 is 0 Å². The normalized spacial score (nSPS) is 10.8. The molecule has 4 nitrogen and oxygen atoms in total. The summed E-state index contributed by atoms with van der Waals surface area (Å²) < 4.78 is 5.91. The van der Waals surface area contributed by atoms with E-state index in [4.69, 9.17) is 9.68 Å². The van der Waals surface area contributed by atoms with Crippen LogP contribution in [0, 0.1) is 18.3 Å². The van der Waals surface area contributed by atoms with E-state index < -0.39 is 0 Å². The van der Waals surface area contributed by atoms with Gasteiger partial charge in [-0.15, -0.1) is 11.3 Å². The van der Waals surface area contributed by atoms with Gasteiger partial charge in [0.15, 0.2) is 5.76 Å². The van der Waals surface area contributed by atoms with Crippen molar-refractivity contribution in [2.24, 2.45) is 0 Å². The minimum atomic E-state index is -0.341. The van der Waals surface area contributed by atoms with E-state index in [0.717, 1.165) is 21.7 Å². The molecule has 0 saturated carbocycles. The topological polar surface area (TPSA) is 66.0 Å². The maximum Gasteiger partial charge on any atom is 0.292 e. The van der Waals surface area contributed by atoms with Crippen molar-refractivity contribution in [2.75, 3.05) is 5.32 Å². The number of furan rings is 1. The third-order valence-corrected chi connectivity index (χ3v) is 4.88. The molecule has 2 heterocycles. The number of nitrogens with zero attached hydrogens (tertiary/aromatic N) is 1. The summed E-state index contributed by atoms with van der Waals surface area (Å²) in [6, 6.07) is 15.6. The van der Waals surface area contributed by atoms with Crippen molar-refractivity contribution in [1.82, 2.24) is 0 Å². The number of benzene rings is 2. The van der Waals surface area contributed by atoms with Crippen LogP contribution in [0.3, 0.4) is 0 Å². The van der Waals surface area contributed by atoms with Gasteiger partial charge in [0.1, 0.15) is 16.7 Å². The summed E-state index contributed by atoms with van der Waals surface area (Å²) in [7, 11) is 0. The maximum atomic E-state index is 12.6. The molecule has 0 spiro atoms. The van der Waals surface area contributed by atoms with E-state index in [1.54, 1.807) is 11.4 Å². The monoisotopic (exact) mass is 332 g/mol. The van der Waals surface area contributed by atoms with Crippen LogP contribution < -0.4 is 5.32 Å². The lowest BCUT2D eigenvalue weighted by molar-refractivity contribution is 0.0998. The van der Waals surface area contributed by atoms with E-state index in [2.05, 4.69) is 11.4 Å². The van der Waals surface area contributed by atoms with Gasteiger partial charge in [-0.2, -0.15) is 5.26 Å². The number of hydrogen-bond donors (Lipinski definition) is 1. The molecule has 24 heavy (non-hydrogen) atoms. The van der Waals surface area contributed by atoms with Crippen molar-refractivity contribution in [3.05, 3.63) is 64.7 Å². The van der Waals surface area contributed by atoms with Crippen molar-refractivity contribution >= 4 is 44.0 Å². The quantitative estimate of drug-likeness (QED) is 0.556. The molecule has 5 heteroatoms. The Bertz CT molecular complexity index is 1130. The van der Waals surface area contributed by atoms with E-state index >= 15 is 0 Å². The number of aryl methyl sites for hydroxylation is 1. The first kappa shape index (κ1) is 14.5. The highest BCUT2D eigenvalue weighted by molar-refractivity contribution is 7.14. The number of hydrogen-bond acceptors (Lipinski definition) is 4. The molecule has 2 aromatic heterocycles. The second-order valence-electron chi connectivity index (χ2n) is 5.45. The Balaban J connectivity index is 1.82. The van der Waals surface area contributed by atoms with Gasteiger partial charge in [-0.1, -0.05) is 36.4 Å². The van der Waals surface area contributed by atoms with Crippen LogP contribution in [0.25, 0.3) is 21.7 Å². The zero-order chi connectivity index (χ0) is 16.7. The van der Waals surface area contributed by atoms with Gasteiger partial charge in [0.2, 0.25) is 0 Å². The molecule has 0 unspecified atom stereocenters. The molecule has 0 aliphatic rings. The van der Waals surface area contributed by atoms with Crippen molar-refractivity contribution < 1.29 is 9.21 Å². The molecular weight excluding hydrogens is 320 g/mol. The summed E-state index contributed by atoms with van der Waals surface area (Å²) in [5.74, 6) is -0.0645. The van der Waals surface area contributed by atoms with Crippen molar-refractivity contribution in [3.8, 4) is 6.07 Å². The molecule has 1 N–H and O–H groups in total. The van der Waals surface area contributed by atoms with Crippen LogP contribution in [0.4, 0.5) is 5.00 Å². The fourth-order valence-electron chi connectivity index (χ4n) is 2.82. The number of nitriles is 1. The summed E-state index contributed by atoms with van der Waals surface area (Å²) >= 11 is 1.32. The fraction of sp³-hybridized carbons (Fsp3) is 0.0526. The van der Waals surface area contributed by atoms with E-state index in [1.807, 2.05) is 43.3 Å². The first-order valence-corrected chi connectivity index (χ1v) is 8.27. The van der Waals surface area contributed by atoms with Gasteiger partial charge < -0.3 is 9.73 Å². The van der Waals surface area contributed by atoms with Crippen molar-refractivity contribution in [3.63, 3.8) is 0 Å². The molecule has 0 aliphatic heterocycles. The summed E-state index contributed by atoms with van der Waals surface area (Å²) in [6.45, 7) is 1.87. The third kappa shape index (κ3) is 2.16. The van der Waals surface area contributed by atoms with E-state index in [9.17, 15) is 4.79 Å². The van der Waals surface area contributed by atoms with Crippen LogP contribution >= 0.6 is 11.3 Å². The van der Waals surface area contributed by atoms with Gasteiger partial charge in [0.05, 0.1) is 5.56 Å². The summed E-state index contributed by atoms with van der Waals surface area (Å²) in [4.78, 5) is 12.6. The molecule has 116 valence electrons. The van der Waals surface area contributed by atoms with Crippen LogP contribution in [0.1, 0.15) is 21.7 Å². The van der Waals surface area contributed by atoms with Crippen molar-refractivity contribution in [2.45, 2.75) is 6.92 Å². The maximum absolute atomic E-state index is 12.6. The van der Waals surface area contributed by atoms with Gasteiger partial charge in [-0.3, -0.25) is 4.79 Å². The predicted molar refractivity (Wildman–Crippen MR) is 95.4 cm³/mol. The minimum Gasteiger partial charge on any atom is -0.450 e. The largest absolute Gasteiger partial charge is 0.450 e. The number of fused-ring (bicyclic) bond motifs is 3. The molecule has 0 atom stereocenters. The zero-order valence-corrected chi connectivity index (χ0v) is 13.6. The van der Waals surface area contributed by atoms with Crippen molar-refractivity contribution in [1.29, 1.82) is 5.26 Å². The number of anilines is 1. The highest BCUT2D eigenvalue weighted by atomic mass is 32.1. The molecule has 4 rings (SSSR count). The molecule has 1 amide bonds. The van der Waals surface area contributed by atoms with Crippen LogP contribution in [-0.2, 0) is 0 Å². The SMILES string of the molecule is Cc1c(C(=O)Nc2sccc2C#N)oc2c1ccc1ccccc12. The van der Waals surface area contributed by atoms with E-state index in [0.29, 0.717) is 16.1 Å². The number of thiophene rings is 1. The molecule has 4 aromatic rings. The second-order valence-corrected chi connectivity index (χ2v) is 6.37. The van der Waals surface area contributed by atoms with Gasteiger partial charge in [0, 0.05) is 16.3 Å². The first-order chi connectivity index (χ1) is 11.7. The minimum absolute atomic E-state index is 0.277.